The molecule has 0 aliphatic heterocycles. The lowest BCUT2D eigenvalue weighted by Crippen LogP contribution is -2.07. The van der Waals surface area contributed by atoms with Crippen molar-refractivity contribution in [1.29, 1.82) is 0 Å². The van der Waals surface area contributed by atoms with Crippen molar-refractivity contribution >= 4 is 7.32 Å². The summed E-state index contributed by atoms with van der Waals surface area (Å²) < 4.78 is 0. The smallest absolute Gasteiger partial charge is 0.402 e. The van der Waals surface area contributed by atoms with Crippen LogP contribution in [0.3, 0.4) is 0 Å². The first kappa shape index (κ1) is 10.0. The molecule has 0 unspecified atom stereocenters. The van der Waals surface area contributed by atoms with Crippen LogP contribution in [0.25, 0.3) is 0 Å². The van der Waals surface area contributed by atoms with Gasteiger partial charge in [0.2, 0.25) is 0 Å². The minimum atomic E-state index is -2.17. The maximum atomic E-state index is 7.17. The molecule has 0 rings (SSSR count). The van der Waals surface area contributed by atoms with Gasteiger partial charge in [0.05, 0.1) is 0 Å². The van der Waals surface area contributed by atoms with Gasteiger partial charge in [0, 0.05) is 0 Å². The van der Waals surface area contributed by atoms with Gasteiger partial charge in [-0.3, -0.25) is 0 Å². The van der Waals surface area contributed by atoms with Gasteiger partial charge in [-0.05, 0) is 6.54 Å². The van der Waals surface area contributed by atoms with E-state index in [9.17, 15) is 0 Å². The third-order valence-corrected chi connectivity index (χ3v) is 0. The summed E-state index contributed by atoms with van der Waals surface area (Å²) in [4.78, 5) is 0. The van der Waals surface area contributed by atoms with Gasteiger partial charge >= 0.3 is 7.32 Å². The second-order valence-electron chi connectivity index (χ2n) is 0.755. The number of rotatable bonds is 0. The maximum Gasteiger partial charge on any atom is 0.631 e. The quantitative estimate of drug-likeness (QED) is 0.267. The number of hydrogen-bond donors (Lipinski definition) is 4. The Balaban J connectivity index is 0. The van der Waals surface area contributed by atoms with Gasteiger partial charge in [0.25, 0.3) is 0 Å². The lowest BCUT2D eigenvalue weighted by atomic mass is 10.3. The second-order valence-corrected chi connectivity index (χ2v) is 0.755. The van der Waals surface area contributed by atoms with Crippen molar-refractivity contribution in [1.82, 2.24) is 0 Å². The highest BCUT2D eigenvalue weighted by atomic mass is 16.5. The molecule has 0 radical (unpaired) electrons. The highest BCUT2D eigenvalue weighted by Gasteiger charge is 1.92. The second kappa shape index (κ2) is 9.32. The van der Waals surface area contributed by atoms with Crippen LogP contribution in [-0.2, 0) is 0 Å². The summed E-state index contributed by atoms with van der Waals surface area (Å²) in [6, 6.07) is 0. The zero-order valence-corrected chi connectivity index (χ0v) is 4.20. The average Bonchev–Trinajstić information content (AvgIpc) is 1.33. The molecule has 0 heterocycles. The highest BCUT2D eigenvalue weighted by Crippen LogP contribution is 1.40. The van der Waals surface area contributed by atoms with E-state index in [2.05, 4.69) is 0 Å². The fourth-order valence-electron chi connectivity index (χ4n) is 0. The summed E-state index contributed by atoms with van der Waals surface area (Å²) in [5.74, 6) is 0. The summed E-state index contributed by atoms with van der Waals surface area (Å²) >= 11 is 0. The van der Waals surface area contributed by atoms with E-state index in [1.54, 1.807) is 0 Å². The van der Waals surface area contributed by atoms with E-state index >= 15 is 0 Å². The molecular weight excluding hydrogens is 96.8 g/mol. The van der Waals surface area contributed by atoms with Crippen LogP contribution >= 0.6 is 0 Å². The maximum absolute atomic E-state index is 7.17. The van der Waals surface area contributed by atoms with Crippen LogP contribution < -0.4 is 5.73 Å². The minimum Gasteiger partial charge on any atom is -0.402 e. The summed E-state index contributed by atoms with van der Waals surface area (Å²) in [7, 11) is -2.17. The van der Waals surface area contributed by atoms with Gasteiger partial charge in [0.15, 0.2) is 0 Å². The fourth-order valence-corrected chi connectivity index (χ4v) is 0. The Labute approximate surface area is 42.8 Å². The molecule has 0 amide bonds. The van der Waals surface area contributed by atoms with E-state index in [1.807, 2.05) is 6.92 Å². The molecule has 5 heteroatoms. The van der Waals surface area contributed by atoms with Gasteiger partial charge in [-0.2, -0.15) is 0 Å². The van der Waals surface area contributed by atoms with E-state index in [0.29, 0.717) is 0 Å². The number of nitrogens with two attached hydrogens (primary N) is 1. The van der Waals surface area contributed by atoms with Crippen LogP contribution in [0, 0.1) is 0 Å². The van der Waals surface area contributed by atoms with Gasteiger partial charge in [-0.1, -0.05) is 6.92 Å². The van der Waals surface area contributed by atoms with Gasteiger partial charge < -0.3 is 20.8 Å². The third kappa shape index (κ3) is 9960. The van der Waals surface area contributed by atoms with E-state index < -0.39 is 7.32 Å². The molecule has 0 spiro atoms. The van der Waals surface area contributed by atoms with E-state index in [4.69, 9.17) is 20.8 Å². The molecule has 0 atom stereocenters. The van der Waals surface area contributed by atoms with Crippen LogP contribution in [0.4, 0.5) is 0 Å². The summed E-state index contributed by atoms with van der Waals surface area (Å²) in [5, 5.41) is 21.5. The van der Waals surface area contributed by atoms with Crippen molar-refractivity contribution in [2.24, 2.45) is 5.73 Å². The molecule has 5 N–H and O–H groups in total. The molecule has 44 valence electrons. The molecule has 4 nitrogen and oxygen atoms in total. The average molecular weight is 107 g/mol. The third-order valence-electron chi connectivity index (χ3n) is 0. The van der Waals surface area contributed by atoms with Crippen molar-refractivity contribution in [3.05, 3.63) is 0 Å². The van der Waals surface area contributed by atoms with Crippen LogP contribution in [-0.4, -0.2) is 28.9 Å². The van der Waals surface area contributed by atoms with Crippen molar-refractivity contribution < 1.29 is 15.1 Å². The Bertz CT molecular complexity index is 24.1. The normalized spacial score (nSPS) is 6.43. The Morgan fingerprint density at radius 3 is 1.43 bits per heavy atom. The van der Waals surface area contributed by atoms with Crippen LogP contribution in [0.1, 0.15) is 6.92 Å². The topological polar surface area (TPSA) is 86.7 Å². The van der Waals surface area contributed by atoms with Crippen LogP contribution in [0.2, 0.25) is 0 Å². The lowest BCUT2D eigenvalue weighted by Gasteiger charge is -1.69. The SMILES string of the molecule is CCN.OB(O)O. The van der Waals surface area contributed by atoms with Crippen molar-refractivity contribution in [3.63, 3.8) is 0 Å². The first-order valence-electron chi connectivity index (χ1n) is 1.89. The molecule has 0 bridgehead atoms. The first-order chi connectivity index (χ1) is 3.15. The highest BCUT2D eigenvalue weighted by molar-refractivity contribution is 6.30. The molecular formula is C2H10BNO3. The van der Waals surface area contributed by atoms with Crippen molar-refractivity contribution in [2.75, 3.05) is 6.54 Å². The molecule has 0 aliphatic carbocycles. The van der Waals surface area contributed by atoms with Gasteiger partial charge in [-0.15, -0.1) is 0 Å². The van der Waals surface area contributed by atoms with Crippen molar-refractivity contribution in [3.8, 4) is 0 Å². The Morgan fingerprint density at radius 1 is 1.43 bits per heavy atom. The van der Waals surface area contributed by atoms with E-state index in [1.165, 1.54) is 0 Å². The zero-order chi connectivity index (χ0) is 6.28. The molecule has 0 aromatic rings. The molecule has 0 fully saturated rings. The van der Waals surface area contributed by atoms with Crippen LogP contribution in [0.5, 0.6) is 0 Å². The monoisotopic (exact) mass is 107 g/mol. The van der Waals surface area contributed by atoms with Crippen molar-refractivity contribution in [2.45, 2.75) is 6.92 Å². The lowest BCUT2D eigenvalue weighted by molar-refractivity contribution is 0.278. The summed E-state index contributed by atoms with van der Waals surface area (Å²) in [5.41, 5.74) is 4.85. The van der Waals surface area contributed by atoms with Gasteiger partial charge in [0.1, 0.15) is 0 Å². The van der Waals surface area contributed by atoms with E-state index in [-0.39, 0.29) is 0 Å². The molecule has 0 aromatic carbocycles. The Morgan fingerprint density at radius 2 is 1.43 bits per heavy atom. The zero-order valence-electron chi connectivity index (χ0n) is 4.20. The number of hydrogen-bond acceptors (Lipinski definition) is 4. The molecule has 7 heavy (non-hydrogen) atoms. The summed E-state index contributed by atoms with van der Waals surface area (Å²) in [6.07, 6.45) is 0. The standard InChI is InChI=1S/C2H7N.BH3O3/c1-2-3;2-1(3)4/h2-3H2,1H3;2-4H. The van der Waals surface area contributed by atoms with E-state index in [0.717, 1.165) is 6.54 Å². The van der Waals surface area contributed by atoms with Crippen LogP contribution in [0.15, 0.2) is 0 Å². The molecule has 0 aliphatic rings. The Hall–Kier alpha value is -0.0951. The first-order valence-corrected chi connectivity index (χ1v) is 1.89. The van der Waals surface area contributed by atoms with Gasteiger partial charge in [-0.25, -0.2) is 0 Å². The minimum absolute atomic E-state index is 0.750. The molecule has 0 saturated heterocycles. The Kier molecular flexibility index (Phi) is 13.3. The predicted octanol–water partition coefficient (Wildman–Crippen LogP) is -2.09. The molecule has 0 aromatic heterocycles. The largest absolute Gasteiger partial charge is 0.631 e. The fraction of sp³-hybridized carbons (Fsp3) is 1.00. The predicted molar refractivity (Wildman–Crippen MR) is 27.1 cm³/mol. The summed E-state index contributed by atoms with van der Waals surface area (Å²) in [6.45, 7) is 2.65. The molecule has 0 saturated carbocycles.